The molecule has 2 aliphatic rings. The SMILES string of the molecule is O=c1[nH]c(CCC2CCCCC2)cn1-c1ccc(S(=O)(=O)Nc2ccc3c(c2)CCC(CNCC(O)c2cccnc2)O3)cc1. The maximum atomic E-state index is 13.2. The highest BCUT2D eigenvalue weighted by atomic mass is 32.2. The van der Waals surface area contributed by atoms with Gasteiger partial charge in [0, 0.05) is 48.6 Å². The minimum atomic E-state index is -3.84. The van der Waals surface area contributed by atoms with E-state index in [1.807, 2.05) is 18.3 Å². The fourth-order valence-corrected chi connectivity index (χ4v) is 7.37. The molecule has 3 heterocycles. The van der Waals surface area contributed by atoms with Crippen molar-refractivity contribution in [3.05, 3.63) is 100 Å². The molecule has 0 spiro atoms. The minimum Gasteiger partial charge on any atom is -0.489 e. The Morgan fingerprint density at radius 1 is 1.07 bits per heavy atom. The topological polar surface area (TPSA) is 138 Å². The van der Waals surface area contributed by atoms with Gasteiger partial charge in [-0.15, -0.1) is 0 Å². The number of sulfonamides is 1. The van der Waals surface area contributed by atoms with Gasteiger partial charge in [0.15, 0.2) is 0 Å². The summed E-state index contributed by atoms with van der Waals surface area (Å²) in [5, 5.41) is 13.6. The molecule has 1 saturated carbocycles. The predicted molar refractivity (Wildman–Crippen MR) is 173 cm³/mol. The Bertz CT molecular complexity index is 1730. The van der Waals surface area contributed by atoms with Crippen molar-refractivity contribution in [1.82, 2.24) is 19.9 Å². The zero-order valence-electron chi connectivity index (χ0n) is 25.3. The van der Waals surface area contributed by atoms with Crippen LogP contribution >= 0.6 is 0 Å². The van der Waals surface area contributed by atoms with Gasteiger partial charge in [0.05, 0.1) is 16.7 Å². The summed E-state index contributed by atoms with van der Waals surface area (Å²) in [6.45, 7) is 0.973. The van der Waals surface area contributed by atoms with E-state index in [9.17, 15) is 18.3 Å². The Balaban J connectivity index is 1.03. The lowest BCUT2D eigenvalue weighted by atomic mass is 9.86. The average molecular weight is 632 g/mol. The van der Waals surface area contributed by atoms with Gasteiger partial charge in [-0.25, -0.2) is 13.2 Å². The van der Waals surface area contributed by atoms with Crippen molar-refractivity contribution in [2.24, 2.45) is 5.92 Å². The normalized spacial score (nSPS) is 17.8. The van der Waals surface area contributed by atoms with Crippen molar-refractivity contribution in [3.8, 4) is 11.4 Å². The summed E-state index contributed by atoms with van der Waals surface area (Å²) < 4.78 is 36.8. The van der Waals surface area contributed by atoms with Crippen molar-refractivity contribution >= 4 is 15.7 Å². The fourth-order valence-electron chi connectivity index (χ4n) is 6.32. The molecule has 45 heavy (non-hydrogen) atoms. The first kappa shape index (κ1) is 31.1. The van der Waals surface area contributed by atoms with Gasteiger partial charge in [-0.2, -0.15) is 0 Å². The number of nitrogens with one attached hydrogen (secondary N) is 3. The van der Waals surface area contributed by atoms with Crippen LogP contribution in [0.2, 0.25) is 0 Å². The molecular weight excluding hydrogens is 590 g/mol. The summed E-state index contributed by atoms with van der Waals surface area (Å²) >= 11 is 0. The Kier molecular flexibility index (Phi) is 9.67. The van der Waals surface area contributed by atoms with Gasteiger partial charge in [-0.1, -0.05) is 38.2 Å². The number of fused-ring (bicyclic) bond motifs is 1. The van der Waals surface area contributed by atoms with E-state index in [1.54, 1.807) is 42.7 Å². The second kappa shape index (κ2) is 14.0. The highest BCUT2D eigenvalue weighted by Gasteiger charge is 2.22. The van der Waals surface area contributed by atoms with Crippen LogP contribution in [0.1, 0.15) is 67.9 Å². The number of hydrogen-bond donors (Lipinski definition) is 4. The van der Waals surface area contributed by atoms with E-state index < -0.39 is 16.1 Å². The molecule has 1 aliphatic carbocycles. The van der Waals surface area contributed by atoms with Crippen LogP contribution in [0.5, 0.6) is 5.75 Å². The lowest BCUT2D eigenvalue weighted by molar-refractivity contribution is 0.146. The monoisotopic (exact) mass is 631 g/mol. The number of rotatable bonds is 12. The molecule has 0 amide bonds. The second-order valence-electron chi connectivity index (χ2n) is 12.2. The Hall–Kier alpha value is -3.93. The molecule has 1 aliphatic heterocycles. The third kappa shape index (κ3) is 7.84. The number of ether oxygens (including phenoxy) is 1. The number of pyridine rings is 1. The van der Waals surface area contributed by atoms with Gasteiger partial charge in [0.25, 0.3) is 10.0 Å². The molecule has 11 heteroatoms. The first-order chi connectivity index (χ1) is 21.8. The quantitative estimate of drug-likeness (QED) is 0.175. The number of anilines is 1. The Morgan fingerprint density at radius 3 is 2.67 bits per heavy atom. The smallest absolute Gasteiger partial charge is 0.330 e. The number of hydrogen-bond acceptors (Lipinski definition) is 7. The largest absolute Gasteiger partial charge is 0.489 e. The summed E-state index contributed by atoms with van der Waals surface area (Å²) in [6.07, 6.45) is 14.3. The molecular formula is C34H41N5O5S. The summed E-state index contributed by atoms with van der Waals surface area (Å²) in [5.74, 6) is 1.46. The Labute approximate surface area is 263 Å². The molecule has 2 atom stereocenters. The summed E-state index contributed by atoms with van der Waals surface area (Å²) in [7, 11) is -3.84. The molecule has 0 radical (unpaired) electrons. The highest BCUT2D eigenvalue weighted by molar-refractivity contribution is 7.92. The molecule has 0 bridgehead atoms. The standard InChI is InChI=1S/C34H41N5O5S/c40-32(26-7-4-18-35-20-26)22-36-21-30-14-9-25-19-27(11-17-33(25)44-30)38-45(42,43)31-15-12-29(13-16-31)39-23-28(37-34(39)41)10-8-24-5-2-1-3-6-24/h4,7,11-13,15-20,23-24,30,32,36,38,40H,1-3,5-6,8-10,14,21-22H2,(H,37,41). The molecule has 6 rings (SSSR count). The lowest BCUT2D eigenvalue weighted by Gasteiger charge is -2.27. The van der Waals surface area contributed by atoms with Crippen molar-refractivity contribution in [1.29, 1.82) is 0 Å². The molecule has 238 valence electrons. The van der Waals surface area contributed by atoms with Crippen molar-refractivity contribution in [2.75, 3.05) is 17.8 Å². The number of imidazole rings is 1. The average Bonchev–Trinajstić information content (AvgIpc) is 3.44. The number of aromatic nitrogens is 3. The second-order valence-corrected chi connectivity index (χ2v) is 13.8. The summed E-state index contributed by atoms with van der Waals surface area (Å²) in [5.41, 5.74) is 3.45. The number of benzene rings is 2. The number of aliphatic hydroxyl groups is 1. The first-order valence-electron chi connectivity index (χ1n) is 15.9. The number of nitrogens with zero attached hydrogens (tertiary/aromatic N) is 2. The zero-order chi connectivity index (χ0) is 31.2. The van der Waals surface area contributed by atoms with Crippen molar-refractivity contribution < 1.29 is 18.3 Å². The van der Waals surface area contributed by atoms with Crippen LogP contribution in [-0.4, -0.2) is 47.3 Å². The van der Waals surface area contributed by atoms with Crippen LogP contribution in [0.4, 0.5) is 5.69 Å². The van der Waals surface area contributed by atoms with Crippen LogP contribution in [0.3, 0.4) is 0 Å². The van der Waals surface area contributed by atoms with Gasteiger partial charge in [0.2, 0.25) is 0 Å². The van der Waals surface area contributed by atoms with E-state index in [-0.39, 0.29) is 16.7 Å². The van der Waals surface area contributed by atoms with Gasteiger partial charge in [0.1, 0.15) is 11.9 Å². The molecule has 2 unspecified atom stereocenters. The third-order valence-corrected chi connectivity index (χ3v) is 10.3. The van der Waals surface area contributed by atoms with E-state index >= 15 is 0 Å². The van der Waals surface area contributed by atoms with Gasteiger partial charge in [-0.05, 0) is 85.7 Å². The van der Waals surface area contributed by atoms with E-state index in [4.69, 9.17) is 4.74 Å². The van der Waals surface area contributed by atoms with Gasteiger partial charge < -0.3 is 20.1 Å². The molecule has 10 nitrogen and oxygen atoms in total. The molecule has 1 fully saturated rings. The fraction of sp³-hybridized carbons (Fsp3) is 0.412. The van der Waals surface area contributed by atoms with Gasteiger partial charge in [-0.3, -0.25) is 14.3 Å². The minimum absolute atomic E-state index is 0.0554. The highest BCUT2D eigenvalue weighted by Crippen LogP contribution is 2.31. The zero-order valence-corrected chi connectivity index (χ0v) is 26.1. The molecule has 4 N–H and O–H groups in total. The van der Waals surface area contributed by atoms with Crippen LogP contribution < -0.4 is 20.5 Å². The number of aromatic amines is 1. The maximum absolute atomic E-state index is 13.2. The first-order valence-corrected chi connectivity index (χ1v) is 17.3. The van der Waals surface area contributed by atoms with E-state index in [0.29, 0.717) is 24.5 Å². The molecule has 2 aromatic carbocycles. The van der Waals surface area contributed by atoms with Crippen molar-refractivity contribution in [2.45, 2.75) is 74.9 Å². The summed E-state index contributed by atoms with van der Waals surface area (Å²) in [4.78, 5) is 19.7. The summed E-state index contributed by atoms with van der Waals surface area (Å²) in [6, 6.07) is 15.3. The van der Waals surface area contributed by atoms with Crippen molar-refractivity contribution in [3.63, 3.8) is 0 Å². The number of aliphatic hydroxyl groups excluding tert-OH is 1. The number of H-pyrrole nitrogens is 1. The Morgan fingerprint density at radius 2 is 1.89 bits per heavy atom. The number of aryl methyl sites for hydroxylation is 2. The van der Waals surface area contributed by atoms with Crippen LogP contribution in [0.25, 0.3) is 5.69 Å². The van der Waals surface area contributed by atoms with Crippen LogP contribution in [0, 0.1) is 5.92 Å². The lowest BCUT2D eigenvalue weighted by Crippen LogP contribution is -2.36. The third-order valence-electron chi connectivity index (χ3n) is 8.86. The molecule has 0 saturated heterocycles. The molecule has 2 aromatic heterocycles. The van der Waals surface area contributed by atoms with Crippen LogP contribution in [0.15, 0.2) is 82.9 Å². The van der Waals surface area contributed by atoms with Crippen LogP contribution in [-0.2, 0) is 22.9 Å². The van der Waals surface area contributed by atoms with E-state index in [1.165, 1.54) is 48.8 Å². The maximum Gasteiger partial charge on any atom is 0.330 e. The van der Waals surface area contributed by atoms with Gasteiger partial charge >= 0.3 is 5.69 Å². The van der Waals surface area contributed by atoms with E-state index in [2.05, 4.69) is 20.0 Å². The predicted octanol–water partition coefficient (Wildman–Crippen LogP) is 4.89. The van der Waals surface area contributed by atoms with E-state index in [0.717, 1.165) is 54.2 Å². The molecule has 4 aromatic rings.